The Balaban J connectivity index is 0.00000320. The highest BCUT2D eigenvalue weighted by molar-refractivity contribution is 5.94. The van der Waals surface area contributed by atoms with E-state index in [0.29, 0.717) is 12.8 Å². The maximum absolute atomic E-state index is 13.0. The number of carbonyl (C=O) groups excluding carboxylic acids is 2. The molecule has 1 aromatic carbocycles. The minimum absolute atomic E-state index is 0. The molecule has 1 fully saturated rings. The normalized spacial score (nSPS) is 15.9. The fourth-order valence-corrected chi connectivity index (χ4v) is 2.84. The molecule has 0 aliphatic carbocycles. The summed E-state index contributed by atoms with van der Waals surface area (Å²) in [6.45, 7) is 0.173. The highest BCUT2D eigenvalue weighted by Gasteiger charge is 2.33. The number of hydrogen-bond donors (Lipinski definition) is 3. The molecule has 0 saturated carbocycles. The first-order valence-electron chi connectivity index (χ1n) is 8.88. The summed E-state index contributed by atoms with van der Waals surface area (Å²) in [5.74, 6) is -0.561. The molecule has 1 aromatic heterocycles. The van der Waals surface area contributed by atoms with Crippen molar-refractivity contribution in [3.63, 3.8) is 0 Å². The van der Waals surface area contributed by atoms with Crippen LogP contribution in [-0.2, 0) is 17.5 Å². The summed E-state index contributed by atoms with van der Waals surface area (Å²) in [5.41, 5.74) is 4.82. The van der Waals surface area contributed by atoms with Gasteiger partial charge in [-0.25, -0.2) is 4.98 Å². The smallest absolute Gasteiger partial charge is 0.433 e. The van der Waals surface area contributed by atoms with E-state index in [9.17, 15) is 22.8 Å². The van der Waals surface area contributed by atoms with Crippen LogP contribution in [0.25, 0.3) is 0 Å². The average Bonchev–Trinajstić information content (AvgIpc) is 3.10. The van der Waals surface area contributed by atoms with Crippen LogP contribution < -0.4 is 21.1 Å². The lowest BCUT2D eigenvalue weighted by molar-refractivity contribution is -0.141. The predicted octanol–water partition coefficient (Wildman–Crippen LogP) is 2.78. The Labute approximate surface area is 176 Å². The Kier molecular flexibility index (Phi) is 7.63. The van der Waals surface area contributed by atoms with Crippen molar-refractivity contribution in [2.75, 3.05) is 6.54 Å². The monoisotopic (exact) mass is 444 g/mol. The molecule has 2 amide bonds. The maximum atomic E-state index is 13.0. The number of nitrogens with one attached hydrogen (secondary N) is 2. The van der Waals surface area contributed by atoms with Crippen molar-refractivity contribution >= 4 is 24.2 Å². The molecular formula is C19H20ClF3N4O3. The molecule has 1 unspecified atom stereocenters. The highest BCUT2D eigenvalue weighted by atomic mass is 35.5. The second kappa shape index (κ2) is 9.77. The Hall–Kier alpha value is -2.85. The predicted molar refractivity (Wildman–Crippen MR) is 104 cm³/mol. The summed E-state index contributed by atoms with van der Waals surface area (Å²) in [6, 6.07) is 8.03. The van der Waals surface area contributed by atoms with Crippen LogP contribution >= 0.6 is 12.4 Å². The van der Waals surface area contributed by atoms with E-state index in [0.717, 1.165) is 6.07 Å². The van der Waals surface area contributed by atoms with Crippen molar-refractivity contribution in [2.24, 2.45) is 5.73 Å². The number of benzene rings is 1. The maximum Gasteiger partial charge on any atom is 0.433 e. The summed E-state index contributed by atoms with van der Waals surface area (Å²) < 4.78 is 44.4. The summed E-state index contributed by atoms with van der Waals surface area (Å²) in [6.07, 6.45) is -3.56. The fourth-order valence-electron chi connectivity index (χ4n) is 2.84. The molecule has 1 atom stereocenters. The first-order valence-corrected chi connectivity index (χ1v) is 8.88. The number of halogens is 4. The molecule has 0 spiro atoms. The quantitative estimate of drug-likeness (QED) is 0.635. The standard InChI is InChI=1S/C19H19F3N4O3.ClH/c20-19(21,22)15-6-11(9-23)7-17(26-15)29-14-3-1-2-12(8-14)18(28)24-10-13-4-5-16(27)25-13;/h1-3,6-8,13H,4-5,9-10,23H2,(H,24,28)(H,25,27);1H. The fraction of sp³-hybridized carbons (Fsp3) is 0.316. The third kappa shape index (κ3) is 6.07. The van der Waals surface area contributed by atoms with Gasteiger partial charge in [0.15, 0.2) is 0 Å². The summed E-state index contributed by atoms with van der Waals surface area (Å²) in [4.78, 5) is 27.0. The number of nitrogens with two attached hydrogens (primary N) is 1. The second-order valence-electron chi connectivity index (χ2n) is 6.54. The van der Waals surface area contributed by atoms with Crippen LogP contribution in [-0.4, -0.2) is 29.4 Å². The first kappa shape index (κ1) is 23.4. The third-order valence-electron chi connectivity index (χ3n) is 4.30. The minimum atomic E-state index is -4.64. The number of aromatic nitrogens is 1. The van der Waals surface area contributed by atoms with E-state index >= 15 is 0 Å². The number of nitrogens with zero attached hydrogens (tertiary/aromatic N) is 1. The van der Waals surface area contributed by atoms with Gasteiger partial charge in [0.1, 0.15) is 11.4 Å². The Morgan fingerprint density at radius 3 is 2.70 bits per heavy atom. The summed E-state index contributed by atoms with van der Waals surface area (Å²) in [5, 5.41) is 5.45. The van der Waals surface area contributed by atoms with Crippen molar-refractivity contribution in [2.45, 2.75) is 31.6 Å². The number of alkyl halides is 3. The molecule has 1 saturated heterocycles. The van der Waals surface area contributed by atoms with Gasteiger partial charge >= 0.3 is 6.18 Å². The molecule has 4 N–H and O–H groups in total. The lowest BCUT2D eigenvalue weighted by atomic mass is 10.2. The average molecular weight is 445 g/mol. The molecule has 11 heteroatoms. The van der Waals surface area contributed by atoms with Gasteiger partial charge in [0.25, 0.3) is 5.91 Å². The van der Waals surface area contributed by atoms with Gasteiger partial charge in [0.05, 0.1) is 0 Å². The van der Waals surface area contributed by atoms with Crippen LogP contribution in [0.15, 0.2) is 36.4 Å². The summed E-state index contributed by atoms with van der Waals surface area (Å²) >= 11 is 0. The van der Waals surface area contributed by atoms with Crippen molar-refractivity contribution in [3.05, 3.63) is 53.2 Å². The van der Waals surface area contributed by atoms with Crippen LogP contribution in [0.2, 0.25) is 0 Å². The van der Waals surface area contributed by atoms with Crippen LogP contribution in [0.5, 0.6) is 11.6 Å². The van der Waals surface area contributed by atoms with Crippen molar-refractivity contribution < 1.29 is 27.5 Å². The van der Waals surface area contributed by atoms with Crippen LogP contribution in [0.1, 0.15) is 34.5 Å². The van der Waals surface area contributed by atoms with Gasteiger partial charge in [-0.1, -0.05) is 6.07 Å². The van der Waals surface area contributed by atoms with Gasteiger partial charge in [-0.3, -0.25) is 9.59 Å². The molecule has 0 bridgehead atoms. The number of ether oxygens (including phenoxy) is 1. The number of pyridine rings is 1. The van der Waals surface area contributed by atoms with Gasteiger partial charge in [0, 0.05) is 37.2 Å². The van der Waals surface area contributed by atoms with Crippen molar-refractivity contribution in [1.29, 1.82) is 0 Å². The lowest BCUT2D eigenvalue weighted by Crippen LogP contribution is -2.38. The molecule has 1 aliphatic heterocycles. The van der Waals surface area contributed by atoms with Crippen molar-refractivity contribution in [1.82, 2.24) is 15.6 Å². The zero-order valence-electron chi connectivity index (χ0n) is 15.7. The Morgan fingerprint density at radius 2 is 2.07 bits per heavy atom. The van der Waals surface area contributed by atoms with E-state index in [2.05, 4.69) is 15.6 Å². The molecule has 162 valence electrons. The largest absolute Gasteiger partial charge is 0.439 e. The molecule has 1 aliphatic rings. The van der Waals surface area contributed by atoms with Crippen LogP contribution in [0, 0.1) is 0 Å². The minimum Gasteiger partial charge on any atom is -0.439 e. The Bertz CT molecular complexity index is 924. The molecule has 0 radical (unpaired) electrons. The van der Waals surface area contributed by atoms with E-state index < -0.39 is 17.8 Å². The van der Waals surface area contributed by atoms with E-state index in [-0.39, 0.29) is 60.2 Å². The SMILES string of the molecule is Cl.NCc1cc(Oc2cccc(C(=O)NCC3CCC(=O)N3)c2)nc(C(F)(F)F)c1. The highest BCUT2D eigenvalue weighted by Crippen LogP contribution is 2.31. The molecule has 2 heterocycles. The second-order valence-corrected chi connectivity index (χ2v) is 6.54. The van der Waals surface area contributed by atoms with Crippen LogP contribution in [0.4, 0.5) is 13.2 Å². The van der Waals surface area contributed by atoms with E-state index in [1.807, 2.05) is 0 Å². The number of amides is 2. The van der Waals surface area contributed by atoms with Gasteiger partial charge in [-0.05, 0) is 36.2 Å². The van der Waals surface area contributed by atoms with Gasteiger partial charge in [-0.2, -0.15) is 13.2 Å². The zero-order chi connectivity index (χ0) is 21.0. The molecule has 2 aromatic rings. The van der Waals surface area contributed by atoms with Crippen LogP contribution in [0.3, 0.4) is 0 Å². The molecule has 7 nitrogen and oxygen atoms in total. The third-order valence-corrected chi connectivity index (χ3v) is 4.30. The van der Waals surface area contributed by atoms with E-state index in [4.69, 9.17) is 10.5 Å². The van der Waals surface area contributed by atoms with Gasteiger partial charge in [-0.15, -0.1) is 12.4 Å². The van der Waals surface area contributed by atoms with Gasteiger partial charge in [0.2, 0.25) is 11.8 Å². The lowest BCUT2D eigenvalue weighted by Gasteiger charge is -2.13. The van der Waals surface area contributed by atoms with Gasteiger partial charge < -0.3 is 21.1 Å². The Morgan fingerprint density at radius 1 is 1.30 bits per heavy atom. The van der Waals surface area contributed by atoms with E-state index in [1.54, 1.807) is 12.1 Å². The van der Waals surface area contributed by atoms with E-state index in [1.165, 1.54) is 18.2 Å². The summed E-state index contributed by atoms with van der Waals surface area (Å²) in [7, 11) is 0. The number of carbonyl (C=O) groups is 2. The molecular weight excluding hydrogens is 425 g/mol. The molecule has 30 heavy (non-hydrogen) atoms. The first-order chi connectivity index (χ1) is 13.7. The van der Waals surface area contributed by atoms with Crippen molar-refractivity contribution in [3.8, 4) is 11.6 Å². The zero-order valence-corrected chi connectivity index (χ0v) is 16.5. The topological polar surface area (TPSA) is 106 Å². The number of rotatable bonds is 6. The number of hydrogen-bond acceptors (Lipinski definition) is 5. The molecule has 3 rings (SSSR count).